The Morgan fingerprint density at radius 1 is 1.24 bits per heavy atom. The van der Waals surface area contributed by atoms with Gasteiger partial charge in [-0.1, -0.05) is 12.1 Å². The van der Waals surface area contributed by atoms with Crippen molar-refractivity contribution in [3.8, 4) is 16.3 Å². The van der Waals surface area contributed by atoms with Crippen molar-refractivity contribution in [2.45, 2.75) is 44.4 Å². The lowest BCUT2D eigenvalue weighted by Gasteiger charge is -2.24. The fourth-order valence-corrected chi connectivity index (χ4v) is 5.53. The third-order valence-electron chi connectivity index (χ3n) is 5.86. The standard InChI is InChI=1S/C20H26N2O2S/c1-22(16-6-14-8-17(23)9-15(14)7-16)12-19-11-21-20(25-19)13-4-3-5-18(10-13)24-2/h3-5,10-11,14-17,23H,6-9,12H2,1-2H3/t14-,15+,16?,17?. The lowest BCUT2D eigenvalue weighted by atomic mass is 10.0. The number of nitrogens with zero attached hydrogens (tertiary/aromatic N) is 2. The summed E-state index contributed by atoms with van der Waals surface area (Å²) in [5.41, 5.74) is 1.11. The molecule has 0 spiro atoms. The first-order chi connectivity index (χ1) is 12.1. The molecule has 2 aliphatic rings. The van der Waals surface area contributed by atoms with Gasteiger partial charge in [-0.2, -0.15) is 0 Å². The van der Waals surface area contributed by atoms with E-state index >= 15 is 0 Å². The Labute approximate surface area is 153 Å². The molecule has 4 rings (SSSR count). The van der Waals surface area contributed by atoms with Gasteiger partial charge in [-0.05, 0) is 56.7 Å². The predicted molar refractivity (Wildman–Crippen MR) is 101 cm³/mol. The van der Waals surface area contributed by atoms with Crippen LogP contribution in [0.4, 0.5) is 0 Å². The van der Waals surface area contributed by atoms with Gasteiger partial charge in [0.15, 0.2) is 0 Å². The van der Waals surface area contributed by atoms with E-state index in [0.717, 1.165) is 47.5 Å². The molecular weight excluding hydrogens is 332 g/mol. The van der Waals surface area contributed by atoms with Gasteiger partial charge in [0, 0.05) is 29.2 Å². The highest BCUT2D eigenvalue weighted by Crippen LogP contribution is 2.45. The van der Waals surface area contributed by atoms with E-state index in [4.69, 9.17) is 4.74 Å². The summed E-state index contributed by atoms with van der Waals surface area (Å²) in [6.07, 6.45) is 6.45. The molecule has 134 valence electrons. The number of thiazole rings is 1. The summed E-state index contributed by atoms with van der Waals surface area (Å²) < 4.78 is 5.31. The fraction of sp³-hybridized carbons (Fsp3) is 0.550. The number of hydrogen-bond acceptors (Lipinski definition) is 5. The van der Waals surface area contributed by atoms with Crippen LogP contribution in [0.5, 0.6) is 5.75 Å². The molecule has 1 N–H and O–H groups in total. The van der Waals surface area contributed by atoms with Crippen LogP contribution in [0.3, 0.4) is 0 Å². The molecule has 25 heavy (non-hydrogen) atoms. The van der Waals surface area contributed by atoms with Gasteiger partial charge in [0.1, 0.15) is 10.8 Å². The second-order valence-corrected chi connectivity index (χ2v) is 8.66. The Morgan fingerprint density at radius 2 is 2.00 bits per heavy atom. The molecule has 2 saturated carbocycles. The van der Waals surface area contributed by atoms with Gasteiger partial charge < -0.3 is 9.84 Å². The molecule has 0 radical (unpaired) electrons. The number of ether oxygens (including phenoxy) is 1. The van der Waals surface area contributed by atoms with E-state index in [0.29, 0.717) is 6.04 Å². The summed E-state index contributed by atoms with van der Waals surface area (Å²) in [5, 5.41) is 10.9. The minimum atomic E-state index is -0.0480. The smallest absolute Gasteiger partial charge is 0.123 e. The van der Waals surface area contributed by atoms with Crippen molar-refractivity contribution in [3.05, 3.63) is 35.3 Å². The highest BCUT2D eigenvalue weighted by molar-refractivity contribution is 7.15. The summed E-state index contributed by atoms with van der Waals surface area (Å²) in [5.74, 6) is 2.33. The number of benzene rings is 1. The largest absolute Gasteiger partial charge is 0.497 e. The number of methoxy groups -OCH3 is 1. The molecule has 5 heteroatoms. The first-order valence-corrected chi connectivity index (χ1v) is 9.91. The van der Waals surface area contributed by atoms with Crippen molar-refractivity contribution in [1.29, 1.82) is 0 Å². The van der Waals surface area contributed by atoms with Gasteiger partial charge >= 0.3 is 0 Å². The summed E-state index contributed by atoms with van der Waals surface area (Å²) in [4.78, 5) is 8.39. The van der Waals surface area contributed by atoms with Crippen molar-refractivity contribution >= 4 is 11.3 Å². The minimum Gasteiger partial charge on any atom is -0.497 e. The van der Waals surface area contributed by atoms with Crippen LogP contribution in [0.2, 0.25) is 0 Å². The molecule has 0 saturated heterocycles. The van der Waals surface area contributed by atoms with Gasteiger partial charge in [0.2, 0.25) is 0 Å². The lowest BCUT2D eigenvalue weighted by Crippen LogP contribution is -2.29. The molecule has 2 unspecified atom stereocenters. The highest BCUT2D eigenvalue weighted by Gasteiger charge is 2.42. The van der Waals surface area contributed by atoms with Gasteiger partial charge in [-0.25, -0.2) is 4.98 Å². The molecule has 4 nitrogen and oxygen atoms in total. The maximum atomic E-state index is 9.81. The quantitative estimate of drug-likeness (QED) is 0.883. The molecule has 0 aliphatic heterocycles. The van der Waals surface area contributed by atoms with E-state index < -0.39 is 0 Å². The van der Waals surface area contributed by atoms with Crippen LogP contribution >= 0.6 is 11.3 Å². The third-order valence-corrected chi connectivity index (χ3v) is 6.90. The number of hydrogen-bond donors (Lipinski definition) is 1. The Bertz CT molecular complexity index is 718. The average molecular weight is 359 g/mol. The van der Waals surface area contributed by atoms with Crippen LogP contribution in [-0.4, -0.2) is 41.3 Å². The Kier molecular flexibility index (Phi) is 4.80. The van der Waals surface area contributed by atoms with Crippen LogP contribution < -0.4 is 4.74 Å². The highest BCUT2D eigenvalue weighted by atomic mass is 32.1. The van der Waals surface area contributed by atoms with E-state index in [1.807, 2.05) is 24.4 Å². The zero-order valence-electron chi connectivity index (χ0n) is 14.9. The molecule has 1 heterocycles. The van der Waals surface area contributed by atoms with Crippen molar-refractivity contribution in [3.63, 3.8) is 0 Å². The number of aromatic nitrogens is 1. The van der Waals surface area contributed by atoms with E-state index in [1.54, 1.807) is 18.4 Å². The van der Waals surface area contributed by atoms with E-state index in [1.165, 1.54) is 17.7 Å². The van der Waals surface area contributed by atoms with Crippen molar-refractivity contribution in [2.24, 2.45) is 11.8 Å². The zero-order chi connectivity index (χ0) is 17.4. The van der Waals surface area contributed by atoms with Gasteiger partial charge in [0.25, 0.3) is 0 Å². The second kappa shape index (κ2) is 7.06. The zero-order valence-corrected chi connectivity index (χ0v) is 15.7. The van der Waals surface area contributed by atoms with Crippen molar-refractivity contribution < 1.29 is 9.84 Å². The average Bonchev–Trinajstić information content (AvgIpc) is 3.29. The maximum Gasteiger partial charge on any atom is 0.123 e. The molecule has 1 aromatic carbocycles. The Morgan fingerprint density at radius 3 is 2.72 bits per heavy atom. The molecule has 4 atom stereocenters. The Balaban J connectivity index is 1.39. The van der Waals surface area contributed by atoms with Crippen LogP contribution in [0, 0.1) is 11.8 Å². The molecule has 2 aromatic rings. The SMILES string of the molecule is COc1cccc(-c2ncc(CN(C)C3C[C@H]4CC(O)C[C@H]4C3)s2)c1. The van der Waals surface area contributed by atoms with E-state index in [-0.39, 0.29) is 6.10 Å². The number of fused-ring (bicyclic) bond motifs is 1. The van der Waals surface area contributed by atoms with Crippen LogP contribution in [-0.2, 0) is 6.54 Å². The van der Waals surface area contributed by atoms with Gasteiger partial charge in [0.05, 0.1) is 13.2 Å². The number of aliphatic hydroxyl groups excluding tert-OH is 1. The molecular formula is C20H26N2O2S. The summed E-state index contributed by atoms with van der Waals surface area (Å²) in [6.45, 7) is 0.953. The second-order valence-electron chi connectivity index (χ2n) is 7.55. The van der Waals surface area contributed by atoms with Gasteiger partial charge in [-0.3, -0.25) is 4.90 Å². The first-order valence-electron chi connectivity index (χ1n) is 9.10. The third kappa shape index (κ3) is 3.59. The lowest BCUT2D eigenvalue weighted by molar-refractivity contribution is 0.158. The monoisotopic (exact) mass is 358 g/mol. The topological polar surface area (TPSA) is 45.6 Å². The molecule has 0 amide bonds. The summed E-state index contributed by atoms with van der Waals surface area (Å²) in [7, 11) is 3.92. The van der Waals surface area contributed by atoms with Crippen molar-refractivity contribution in [1.82, 2.24) is 9.88 Å². The maximum absolute atomic E-state index is 9.81. The fourth-order valence-electron chi connectivity index (χ4n) is 4.56. The number of rotatable bonds is 5. The molecule has 0 bridgehead atoms. The van der Waals surface area contributed by atoms with Crippen molar-refractivity contribution in [2.75, 3.05) is 14.2 Å². The van der Waals surface area contributed by atoms with Crippen LogP contribution in [0.15, 0.2) is 30.5 Å². The Hall–Kier alpha value is -1.43. The molecule has 1 aromatic heterocycles. The van der Waals surface area contributed by atoms with E-state index in [2.05, 4.69) is 23.0 Å². The van der Waals surface area contributed by atoms with E-state index in [9.17, 15) is 5.11 Å². The summed E-state index contributed by atoms with van der Waals surface area (Å²) in [6, 6.07) is 8.73. The molecule has 2 fully saturated rings. The van der Waals surface area contributed by atoms with Gasteiger partial charge in [-0.15, -0.1) is 11.3 Å². The summed E-state index contributed by atoms with van der Waals surface area (Å²) >= 11 is 1.77. The first kappa shape index (κ1) is 17.0. The predicted octanol–water partition coefficient (Wildman–Crippen LogP) is 3.80. The van der Waals surface area contributed by atoms with Crippen LogP contribution in [0.25, 0.3) is 10.6 Å². The number of aliphatic hydroxyl groups is 1. The normalized spacial score (nSPS) is 28.5. The molecule has 2 aliphatic carbocycles. The van der Waals surface area contributed by atoms with Crippen LogP contribution in [0.1, 0.15) is 30.6 Å². The minimum absolute atomic E-state index is 0.0480.